The first-order valence-electron chi connectivity index (χ1n) is 6.51. The number of benzene rings is 1. The lowest BCUT2D eigenvalue weighted by Gasteiger charge is -2.15. The molecule has 1 aromatic heterocycles. The standard InChI is InChI=1S/C15H16N2O4/c18-14(19)13(11-5-2-1-3-6-11)17-15(20)16-9-8-12-7-4-10-21-12/h1-7,10,13H,8-9H2,(H,18,19)(H2,16,17,20). The van der Waals surface area contributed by atoms with Gasteiger partial charge in [-0.05, 0) is 17.7 Å². The lowest BCUT2D eigenvalue weighted by atomic mass is 10.1. The Morgan fingerprint density at radius 2 is 1.90 bits per heavy atom. The van der Waals surface area contributed by atoms with Gasteiger partial charge in [0.15, 0.2) is 6.04 Å². The van der Waals surface area contributed by atoms with E-state index in [2.05, 4.69) is 10.6 Å². The minimum atomic E-state index is -1.11. The number of amides is 2. The molecular weight excluding hydrogens is 272 g/mol. The first-order valence-corrected chi connectivity index (χ1v) is 6.51. The summed E-state index contributed by atoms with van der Waals surface area (Å²) in [6, 6.07) is 10.5. The van der Waals surface area contributed by atoms with Crippen LogP contribution in [0.25, 0.3) is 0 Å². The average molecular weight is 288 g/mol. The Balaban J connectivity index is 1.85. The maximum Gasteiger partial charge on any atom is 0.330 e. The zero-order valence-electron chi connectivity index (χ0n) is 11.3. The van der Waals surface area contributed by atoms with Crippen molar-refractivity contribution in [2.45, 2.75) is 12.5 Å². The number of aliphatic carboxylic acids is 1. The predicted molar refractivity (Wildman–Crippen MR) is 75.8 cm³/mol. The van der Waals surface area contributed by atoms with Gasteiger partial charge in [0, 0.05) is 13.0 Å². The number of rotatable bonds is 6. The molecule has 0 spiro atoms. The molecule has 3 N–H and O–H groups in total. The van der Waals surface area contributed by atoms with E-state index in [1.165, 1.54) is 0 Å². The SMILES string of the molecule is O=C(NCCc1ccco1)NC(C(=O)O)c1ccccc1. The Hall–Kier alpha value is -2.76. The molecule has 6 heteroatoms. The Bertz CT molecular complexity index is 581. The molecule has 1 aromatic carbocycles. The molecule has 0 radical (unpaired) electrons. The van der Waals surface area contributed by atoms with Crippen LogP contribution in [-0.2, 0) is 11.2 Å². The highest BCUT2D eigenvalue weighted by Crippen LogP contribution is 2.12. The highest BCUT2D eigenvalue weighted by molar-refractivity contribution is 5.83. The maximum atomic E-state index is 11.7. The molecule has 1 atom stereocenters. The van der Waals surface area contributed by atoms with E-state index in [9.17, 15) is 14.7 Å². The number of carboxylic acids is 1. The highest BCUT2D eigenvalue weighted by atomic mass is 16.4. The highest BCUT2D eigenvalue weighted by Gasteiger charge is 2.21. The van der Waals surface area contributed by atoms with Gasteiger partial charge in [-0.1, -0.05) is 30.3 Å². The molecule has 110 valence electrons. The summed E-state index contributed by atoms with van der Waals surface area (Å²) < 4.78 is 5.14. The number of carbonyl (C=O) groups is 2. The molecule has 6 nitrogen and oxygen atoms in total. The molecule has 1 heterocycles. The van der Waals surface area contributed by atoms with Crippen molar-refractivity contribution in [3.63, 3.8) is 0 Å². The van der Waals surface area contributed by atoms with Crippen molar-refractivity contribution in [1.82, 2.24) is 10.6 Å². The lowest BCUT2D eigenvalue weighted by molar-refractivity contribution is -0.139. The van der Waals surface area contributed by atoms with Crippen LogP contribution in [0.3, 0.4) is 0 Å². The zero-order valence-corrected chi connectivity index (χ0v) is 11.3. The van der Waals surface area contributed by atoms with Crippen molar-refractivity contribution >= 4 is 12.0 Å². The van der Waals surface area contributed by atoms with Gasteiger partial charge in [0.05, 0.1) is 6.26 Å². The first kappa shape index (κ1) is 14.6. The molecule has 1 unspecified atom stereocenters. The monoisotopic (exact) mass is 288 g/mol. The second-order valence-electron chi connectivity index (χ2n) is 4.41. The molecule has 0 bridgehead atoms. The average Bonchev–Trinajstić information content (AvgIpc) is 2.98. The van der Waals surface area contributed by atoms with Crippen molar-refractivity contribution in [2.24, 2.45) is 0 Å². The Kier molecular flexibility index (Phi) is 4.98. The molecular formula is C15H16N2O4. The Labute approximate surface area is 121 Å². The van der Waals surface area contributed by atoms with Crippen molar-refractivity contribution in [3.8, 4) is 0 Å². The van der Waals surface area contributed by atoms with E-state index in [1.807, 2.05) is 6.07 Å². The van der Waals surface area contributed by atoms with Crippen LogP contribution in [0.15, 0.2) is 53.1 Å². The smallest absolute Gasteiger partial charge is 0.330 e. The number of hydrogen-bond donors (Lipinski definition) is 3. The molecule has 2 amide bonds. The molecule has 0 aliphatic carbocycles. The molecule has 0 saturated carbocycles. The quantitative estimate of drug-likeness (QED) is 0.757. The van der Waals surface area contributed by atoms with E-state index in [4.69, 9.17) is 4.42 Å². The minimum absolute atomic E-state index is 0.362. The van der Waals surface area contributed by atoms with Gasteiger partial charge in [-0.15, -0.1) is 0 Å². The summed E-state index contributed by atoms with van der Waals surface area (Å²) in [6.45, 7) is 0.362. The van der Waals surface area contributed by atoms with E-state index >= 15 is 0 Å². The summed E-state index contributed by atoms with van der Waals surface area (Å²) in [6.07, 6.45) is 2.11. The van der Waals surface area contributed by atoms with E-state index in [-0.39, 0.29) is 0 Å². The molecule has 0 fully saturated rings. The summed E-state index contributed by atoms with van der Waals surface area (Å²) >= 11 is 0. The van der Waals surface area contributed by atoms with Crippen LogP contribution in [0.4, 0.5) is 4.79 Å². The van der Waals surface area contributed by atoms with Crippen molar-refractivity contribution in [2.75, 3.05) is 6.54 Å². The molecule has 2 aromatic rings. The summed E-state index contributed by atoms with van der Waals surface area (Å²) in [5.74, 6) is -0.351. The van der Waals surface area contributed by atoms with Crippen LogP contribution in [-0.4, -0.2) is 23.7 Å². The third kappa shape index (κ3) is 4.38. The van der Waals surface area contributed by atoms with Crippen molar-refractivity contribution in [3.05, 3.63) is 60.1 Å². The van der Waals surface area contributed by atoms with Gasteiger partial charge in [-0.3, -0.25) is 0 Å². The minimum Gasteiger partial charge on any atom is -0.479 e. The molecule has 21 heavy (non-hydrogen) atoms. The van der Waals surface area contributed by atoms with Crippen LogP contribution in [0.2, 0.25) is 0 Å². The van der Waals surface area contributed by atoms with E-state index < -0.39 is 18.0 Å². The first-order chi connectivity index (χ1) is 10.2. The molecule has 0 aliphatic heterocycles. The fraction of sp³-hybridized carbons (Fsp3) is 0.200. The summed E-state index contributed by atoms with van der Waals surface area (Å²) in [7, 11) is 0. The predicted octanol–water partition coefficient (Wildman–Crippen LogP) is 1.95. The fourth-order valence-corrected chi connectivity index (χ4v) is 1.87. The number of furan rings is 1. The lowest BCUT2D eigenvalue weighted by Crippen LogP contribution is -2.41. The third-order valence-corrected chi connectivity index (χ3v) is 2.89. The number of hydrogen-bond acceptors (Lipinski definition) is 3. The second-order valence-corrected chi connectivity index (χ2v) is 4.41. The number of nitrogens with one attached hydrogen (secondary N) is 2. The van der Waals surface area contributed by atoms with E-state index in [0.29, 0.717) is 18.5 Å². The van der Waals surface area contributed by atoms with Crippen LogP contribution in [0.5, 0.6) is 0 Å². The van der Waals surface area contributed by atoms with Gasteiger partial charge in [0.25, 0.3) is 0 Å². The third-order valence-electron chi connectivity index (χ3n) is 2.89. The Morgan fingerprint density at radius 3 is 2.52 bits per heavy atom. The van der Waals surface area contributed by atoms with Gasteiger partial charge in [0.1, 0.15) is 5.76 Å². The number of carboxylic acid groups (broad SMARTS) is 1. The summed E-state index contributed by atoms with van der Waals surface area (Å²) in [4.78, 5) is 23.0. The van der Waals surface area contributed by atoms with Gasteiger partial charge in [0.2, 0.25) is 0 Å². The summed E-state index contributed by atoms with van der Waals surface area (Å²) in [5.41, 5.74) is 0.520. The maximum absolute atomic E-state index is 11.7. The number of urea groups is 1. The van der Waals surface area contributed by atoms with Crippen molar-refractivity contribution in [1.29, 1.82) is 0 Å². The largest absolute Gasteiger partial charge is 0.479 e. The zero-order chi connectivity index (χ0) is 15.1. The van der Waals surface area contributed by atoms with Gasteiger partial charge >= 0.3 is 12.0 Å². The normalized spacial score (nSPS) is 11.6. The molecule has 0 aliphatic rings. The van der Waals surface area contributed by atoms with Crippen LogP contribution in [0.1, 0.15) is 17.4 Å². The van der Waals surface area contributed by atoms with E-state index in [1.54, 1.807) is 42.7 Å². The van der Waals surface area contributed by atoms with Crippen LogP contribution < -0.4 is 10.6 Å². The van der Waals surface area contributed by atoms with E-state index in [0.717, 1.165) is 5.76 Å². The van der Waals surface area contributed by atoms with Crippen LogP contribution in [0, 0.1) is 0 Å². The van der Waals surface area contributed by atoms with Gasteiger partial charge < -0.3 is 20.2 Å². The van der Waals surface area contributed by atoms with Crippen LogP contribution >= 0.6 is 0 Å². The van der Waals surface area contributed by atoms with Gasteiger partial charge in [-0.25, -0.2) is 9.59 Å². The fourth-order valence-electron chi connectivity index (χ4n) is 1.87. The van der Waals surface area contributed by atoms with Gasteiger partial charge in [-0.2, -0.15) is 0 Å². The Morgan fingerprint density at radius 1 is 1.14 bits per heavy atom. The number of carbonyl (C=O) groups excluding carboxylic acids is 1. The summed E-state index contributed by atoms with van der Waals surface area (Å²) in [5, 5.41) is 14.2. The van der Waals surface area contributed by atoms with Crippen molar-refractivity contribution < 1.29 is 19.1 Å². The molecule has 2 rings (SSSR count). The topological polar surface area (TPSA) is 91.6 Å². The second kappa shape index (κ2) is 7.14. The molecule has 0 saturated heterocycles.